The molecule has 1 N–H and O–H groups in total. The summed E-state index contributed by atoms with van der Waals surface area (Å²) >= 11 is 0. The van der Waals surface area contributed by atoms with E-state index < -0.39 is 9.84 Å². The van der Waals surface area contributed by atoms with Gasteiger partial charge in [0, 0.05) is 18.5 Å². The molecule has 1 atom stereocenters. The molecule has 28 heavy (non-hydrogen) atoms. The molecule has 1 aliphatic heterocycles. The lowest BCUT2D eigenvalue weighted by molar-refractivity contribution is -0.126. The SMILES string of the molecule is O=C(NC1CCS(=O)(=O)C1)C1CCC(Cn2cnc3ccccc3c2=O)CC1. The summed E-state index contributed by atoms with van der Waals surface area (Å²) in [6.07, 6.45) is 5.42. The maximum Gasteiger partial charge on any atom is 0.261 e. The van der Waals surface area contributed by atoms with Gasteiger partial charge in [-0.05, 0) is 50.2 Å². The van der Waals surface area contributed by atoms with Crippen LogP contribution in [0.5, 0.6) is 0 Å². The Morgan fingerprint density at radius 1 is 1.14 bits per heavy atom. The van der Waals surface area contributed by atoms with Gasteiger partial charge in [0.2, 0.25) is 5.91 Å². The van der Waals surface area contributed by atoms with Crippen LogP contribution in [0.4, 0.5) is 0 Å². The molecule has 1 aromatic heterocycles. The molecule has 1 saturated carbocycles. The van der Waals surface area contributed by atoms with Crippen LogP contribution in [0.25, 0.3) is 10.9 Å². The van der Waals surface area contributed by atoms with E-state index in [4.69, 9.17) is 0 Å². The Bertz CT molecular complexity index is 1040. The first-order chi connectivity index (χ1) is 13.4. The maximum atomic E-state index is 12.6. The van der Waals surface area contributed by atoms with Gasteiger partial charge in [0.05, 0.1) is 28.7 Å². The van der Waals surface area contributed by atoms with Gasteiger partial charge in [-0.3, -0.25) is 14.2 Å². The smallest absolute Gasteiger partial charge is 0.261 e. The first-order valence-electron chi connectivity index (χ1n) is 9.86. The highest BCUT2D eigenvalue weighted by Gasteiger charge is 2.32. The molecule has 2 fully saturated rings. The summed E-state index contributed by atoms with van der Waals surface area (Å²) in [5, 5.41) is 3.54. The predicted molar refractivity (Wildman–Crippen MR) is 107 cm³/mol. The minimum atomic E-state index is -2.99. The molecule has 2 aromatic rings. The minimum Gasteiger partial charge on any atom is -0.352 e. The molecular weight excluding hydrogens is 378 g/mol. The summed E-state index contributed by atoms with van der Waals surface area (Å²) < 4.78 is 24.8. The van der Waals surface area contributed by atoms with E-state index in [0.29, 0.717) is 29.8 Å². The Hall–Kier alpha value is -2.22. The Morgan fingerprint density at radius 3 is 2.61 bits per heavy atom. The number of sulfone groups is 1. The van der Waals surface area contributed by atoms with E-state index in [2.05, 4.69) is 10.3 Å². The van der Waals surface area contributed by atoms with Gasteiger partial charge < -0.3 is 5.32 Å². The monoisotopic (exact) mass is 403 g/mol. The van der Waals surface area contributed by atoms with Crippen molar-refractivity contribution >= 4 is 26.6 Å². The zero-order valence-electron chi connectivity index (χ0n) is 15.7. The van der Waals surface area contributed by atoms with Crippen LogP contribution in [0, 0.1) is 11.8 Å². The summed E-state index contributed by atoms with van der Waals surface area (Å²) in [5.74, 6) is 0.484. The van der Waals surface area contributed by atoms with E-state index in [1.807, 2.05) is 18.2 Å². The number of nitrogens with one attached hydrogen (secondary N) is 1. The summed E-state index contributed by atoms with van der Waals surface area (Å²) in [6.45, 7) is 0.617. The second-order valence-corrected chi connectivity index (χ2v) is 10.3. The van der Waals surface area contributed by atoms with Crippen molar-refractivity contribution in [1.82, 2.24) is 14.9 Å². The van der Waals surface area contributed by atoms with Crippen molar-refractivity contribution in [2.45, 2.75) is 44.7 Å². The molecule has 7 nitrogen and oxygen atoms in total. The molecule has 1 unspecified atom stereocenters. The molecule has 1 saturated heterocycles. The number of rotatable bonds is 4. The minimum absolute atomic E-state index is 0.0205. The van der Waals surface area contributed by atoms with Crippen LogP contribution in [-0.4, -0.2) is 41.4 Å². The third kappa shape index (κ3) is 4.11. The molecule has 8 heteroatoms. The van der Waals surface area contributed by atoms with Crippen LogP contribution in [0.3, 0.4) is 0 Å². The molecule has 0 radical (unpaired) electrons. The highest BCUT2D eigenvalue weighted by molar-refractivity contribution is 7.91. The van der Waals surface area contributed by atoms with E-state index in [-0.39, 0.29) is 34.9 Å². The van der Waals surface area contributed by atoms with Crippen LogP contribution >= 0.6 is 0 Å². The third-order valence-electron chi connectivity index (χ3n) is 5.98. The predicted octanol–water partition coefficient (Wildman–Crippen LogP) is 1.51. The molecule has 1 aromatic carbocycles. The van der Waals surface area contributed by atoms with Crippen molar-refractivity contribution in [1.29, 1.82) is 0 Å². The first-order valence-corrected chi connectivity index (χ1v) is 11.7. The number of nitrogens with zero attached hydrogens (tertiary/aromatic N) is 2. The van der Waals surface area contributed by atoms with E-state index in [9.17, 15) is 18.0 Å². The number of carbonyl (C=O) groups is 1. The van der Waals surface area contributed by atoms with E-state index in [1.54, 1.807) is 17.0 Å². The van der Waals surface area contributed by atoms with Crippen LogP contribution in [0.2, 0.25) is 0 Å². The van der Waals surface area contributed by atoms with E-state index in [0.717, 1.165) is 25.7 Å². The van der Waals surface area contributed by atoms with Gasteiger partial charge in [0.25, 0.3) is 5.56 Å². The Morgan fingerprint density at radius 2 is 1.89 bits per heavy atom. The number of aromatic nitrogens is 2. The van der Waals surface area contributed by atoms with Crippen molar-refractivity contribution < 1.29 is 13.2 Å². The van der Waals surface area contributed by atoms with Gasteiger partial charge >= 0.3 is 0 Å². The number of para-hydroxylation sites is 1. The number of hydrogen-bond acceptors (Lipinski definition) is 5. The van der Waals surface area contributed by atoms with Crippen molar-refractivity contribution in [3.05, 3.63) is 40.9 Å². The Kier molecular flexibility index (Phi) is 5.23. The lowest BCUT2D eigenvalue weighted by Crippen LogP contribution is -2.41. The first kappa shape index (κ1) is 19.1. The highest BCUT2D eigenvalue weighted by atomic mass is 32.2. The molecule has 1 amide bonds. The van der Waals surface area contributed by atoms with Gasteiger partial charge in [-0.15, -0.1) is 0 Å². The quantitative estimate of drug-likeness (QED) is 0.834. The van der Waals surface area contributed by atoms with Crippen LogP contribution in [0.1, 0.15) is 32.1 Å². The van der Waals surface area contributed by atoms with E-state index >= 15 is 0 Å². The van der Waals surface area contributed by atoms with Crippen LogP contribution in [0.15, 0.2) is 35.4 Å². The highest BCUT2D eigenvalue weighted by Crippen LogP contribution is 2.30. The molecule has 2 heterocycles. The fourth-order valence-corrected chi connectivity index (χ4v) is 6.02. The molecule has 1 aliphatic carbocycles. The van der Waals surface area contributed by atoms with Gasteiger partial charge in [-0.2, -0.15) is 0 Å². The fraction of sp³-hybridized carbons (Fsp3) is 0.550. The zero-order chi connectivity index (χ0) is 19.7. The fourth-order valence-electron chi connectivity index (χ4n) is 4.35. The molecule has 2 aliphatic rings. The Labute approximate surface area is 164 Å². The number of fused-ring (bicyclic) bond motifs is 1. The molecule has 0 spiro atoms. The summed E-state index contributed by atoms with van der Waals surface area (Å²) in [7, 11) is -2.99. The summed E-state index contributed by atoms with van der Waals surface area (Å²) in [5.41, 5.74) is 0.686. The lowest BCUT2D eigenvalue weighted by atomic mass is 9.81. The normalized spacial score (nSPS) is 26.9. The number of hydrogen-bond donors (Lipinski definition) is 1. The van der Waals surface area contributed by atoms with Gasteiger partial charge in [-0.25, -0.2) is 13.4 Å². The van der Waals surface area contributed by atoms with Crippen LogP contribution in [-0.2, 0) is 21.2 Å². The van der Waals surface area contributed by atoms with Gasteiger partial charge in [0.15, 0.2) is 9.84 Å². The van der Waals surface area contributed by atoms with Crippen molar-refractivity contribution in [3.63, 3.8) is 0 Å². The molecule has 4 rings (SSSR count). The van der Waals surface area contributed by atoms with Crippen LogP contribution < -0.4 is 10.9 Å². The number of amides is 1. The number of carbonyl (C=O) groups excluding carboxylic acids is 1. The van der Waals surface area contributed by atoms with Crippen molar-refractivity contribution in [2.24, 2.45) is 11.8 Å². The number of benzene rings is 1. The summed E-state index contributed by atoms with van der Waals surface area (Å²) in [6, 6.07) is 7.10. The average Bonchev–Trinajstić information content (AvgIpc) is 3.03. The average molecular weight is 404 g/mol. The largest absolute Gasteiger partial charge is 0.352 e. The van der Waals surface area contributed by atoms with Crippen molar-refractivity contribution in [3.8, 4) is 0 Å². The van der Waals surface area contributed by atoms with Gasteiger partial charge in [-0.1, -0.05) is 12.1 Å². The summed E-state index contributed by atoms with van der Waals surface area (Å²) in [4.78, 5) is 29.5. The molecular formula is C20H25N3O4S. The molecule has 0 bridgehead atoms. The third-order valence-corrected chi connectivity index (χ3v) is 7.75. The zero-order valence-corrected chi connectivity index (χ0v) is 16.5. The topological polar surface area (TPSA) is 98.1 Å². The maximum absolute atomic E-state index is 12.6. The second-order valence-electron chi connectivity index (χ2n) is 8.05. The van der Waals surface area contributed by atoms with E-state index in [1.165, 1.54) is 0 Å². The second kappa shape index (κ2) is 7.66. The van der Waals surface area contributed by atoms with Gasteiger partial charge in [0.1, 0.15) is 0 Å². The Balaban J connectivity index is 1.33. The molecule has 150 valence electrons. The lowest BCUT2D eigenvalue weighted by Gasteiger charge is -2.28. The van der Waals surface area contributed by atoms with Crippen molar-refractivity contribution in [2.75, 3.05) is 11.5 Å². The standard InChI is InChI=1S/C20H25N3O4S/c24-19(22-16-9-10-28(26,27)12-16)15-7-5-14(6-8-15)11-23-13-21-18-4-2-1-3-17(18)20(23)25/h1-4,13-16H,5-12H2,(H,22,24).